The second-order valence-electron chi connectivity index (χ2n) is 5.27. The van der Waals surface area contributed by atoms with Crippen LogP contribution in [0.15, 0.2) is 24.7 Å². The minimum atomic E-state index is -4.76. The third kappa shape index (κ3) is 3.00. The average Bonchev–Trinajstić information content (AvgIpc) is 3.00. The van der Waals surface area contributed by atoms with Crippen LogP contribution in [0.4, 0.5) is 18.9 Å². The Morgan fingerprint density at radius 1 is 1.35 bits per heavy atom. The van der Waals surface area contributed by atoms with Crippen molar-refractivity contribution in [2.75, 3.05) is 16.8 Å². The Labute approximate surface area is 128 Å². The molecule has 0 aliphatic carbocycles. The molecule has 1 saturated heterocycles. The fourth-order valence-corrected chi connectivity index (χ4v) is 4.60. The van der Waals surface area contributed by atoms with Crippen molar-refractivity contribution in [2.45, 2.75) is 6.18 Å². The minimum Gasteiger partial charge on any atom is -0.321 e. The van der Waals surface area contributed by atoms with Crippen LogP contribution in [0.2, 0.25) is 0 Å². The lowest BCUT2D eigenvalue weighted by atomic mass is 9.94. The van der Waals surface area contributed by atoms with E-state index in [0.29, 0.717) is 0 Å². The van der Waals surface area contributed by atoms with Crippen LogP contribution in [0.25, 0.3) is 5.65 Å². The number of fused-ring (bicyclic) bond motifs is 1. The summed E-state index contributed by atoms with van der Waals surface area (Å²) in [6.45, 7) is 0. The Kier molecular flexibility index (Phi) is 3.54. The van der Waals surface area contributed by atoms with Crippen molar-refractivity contribution in [2.24, 2.45) is 11.8 Å². The predicted molar refractivity (Wildman–Crippen MR) is 73.3 cm³/mol. The monoisotopic (exact) mass is 348 g/mol. The van der Waals surface area contributed by atoms with Gasteiger partial charge in [-0.2, -0.15) is 18.3 Å². The molecule has 0 aromatic carbocycles. The summed E-state index contributed by atoms with van der Waals surface area (Å²) in [7, 11) is -3.91. The van der Waals surface area contributed by atoms with Crippen molar-refractivity contribution < 1.29 is 26.4 Å². The molecule has 0 spiro atoms. The third-order valence-electron chi connectivity index (χ3n) is 3.65. The molecule has 1 fully saturated rings. The van der Waals surface area contributed by atoms with E-state index in [-0.39, 0.29) is 11.3 Å². The molecular weight excluding hydrogens is 337 g/mol. The molecule has 2 aromatic rings. The van der Waals surface area contributed by atoms with E-state index in [2.05, 4.69) is 15.4 Å². The smallest absolute Gasteiger partial charge is 0.321 e. The zero-order chi connectivity index (χ0) is 16.8. The first-order valence-corrected chi connectivity index (χ1v) is 8.36. The van der Waals surface area contributed by atoms with Crippen molar-refractivity contribution in [1.29, 1.82) is 0 Å². The lowest BCUT2D eigenvalue weighted by Crippen LogP contribution is -2.36. The molecule has 11 heteroatoms. The Hall–Kier alpha value is -2.17. The van der Waals surface area contributed by atoms with E-state index in [1.165, 1.54) is 16.9 Å². The molecule has 1 amide bonds. The molecule has 1 aliphatic heterocycles. The van der Waals surface area contributed by atoms with Crippen LogP contribution in [0.1, 0.15) is 0 Å². The number of nitrogens with zero attached hydrogens (tertiary/aromatic N) is 3. The highest BCUT2D eigenvalue weighted by Crippen LogP contribution is 2.39. The van der Waals surface area contributed by atoms with Gasteiger partial charge in [-0.3, -0.25) is 4.79 Å². The summed E-state index contributed by atoms with van der Waals surface area (Å²) in [6.07, 6.45) is -0.529. The number of amides is 1. The lowest BCUT2D eigenvalue weighted by Gasteiger charge is -2.19. The van der Waals surface area contributed by atoms with Gasteiger partial charge in [0, 0.05) is 12.4 Å². The molecule has 2 aromatic heterocycles. The maximum absolute atomic E-state index is 13.0. The van der Waals surface area contributed by atoms with Crippen LogP contribution in [-0.4, -0.2) is 46.6 Å². The highest BCUT2D eigenvalue weighted by atomic mass is 32.2. The lowest BCUT2D eigenvalue weighted by molar-refractivity contribution is -0.180. The van der Waals surface area contributed by atoms with E-state index in [1.54, 1.807) is 12.3 Å². The fourth-order valence-electron chi connectivity index (χ4n) is 2.57. The van der Waals surface area contributed by atoms with Gasteiger partial charge in [-0.15, -0.1) is 0 Å². The number of alkyl halides is 3. The third-order valence-corrected chi connectivity index (χ3v) is 5.38. The summed E-state index contributed by atoms with van der Waals surface area (Å²) in [6, 6.07) is 1.59. The van der Waals surface area contributed by atoms with Gasteiger partial charge in [0.05, 0.1) is 29.5 Å². The second kappa shape index (κ2) is 5.18. The number of halogens is 3. The number of aromatic nitrogens is 3. The largest absolute Gasteiger partial charge is 0.393 e. The van der Waals surface area contributed by atoms with Gasteiger partial charge >= 0.3 is 6.18 Å². The summed E-state index contributed by atoms with van der Waals surface area (Å²) in [5.74, 6) is -6.79. The average molecular weight is 348 g/mol. The summed E-state index contributed by atoms with van der Waals surface area (Å²) < 4.78 is 63.3. The molecule has 0 saturated carbocycles. The van der Waals surface area contributed by atoms with E-state index in [4.69, 9.17) is 0 Å². The van der Waals surface area contributed by atoms with Gasteiger partial charge in [0.2, 0.25) is 5.91 Å². The van der Waals surface area contributed by atoms with Crippen molar-refractivity contribution >= 4 is 27.1 Å². The molecule has 1 aliphatic rings. The van der Waals surface area contributed by atoms with E-state index in [0.717, 1.165) is 0 Å². The normalized spacial score (nSPS) is 24.0. The minimum absolute atomic E-state index is 0.126. The van der Waals surface area contributed by atoms with Gasteiger partial charge in [-0.1, -0.05) is 0 Å². The number of anilines is 1. The summed E-state index contributed by atoms with van der Waals surface area (Å²) >= 11 is 0. The van der Waals surface area contributed by atoms with Gasteiger partial charge in [0.25, 0.3) is 0 Å². The van der Waals surface area contributed by atoms with Gasteiger partial charge in [-0.25, -0.2) is 17.9 Å². The molecular formula is C12H11F3N4O3S. The standard InChI is InChI=1S/C12H11F3N4O3S/c13-12(14,15)8-6-23(21,22)5-7(8)11(20)18-9-4-17-19-3-1-2-16-10(9)19/h1-4,7-8H,5-6H2,(H,18,20). The molecule has 3 heterocycles. The molecule has 0 radical (unpaired) electrons. The van der Waals surface area contributed by atoms with Gasteiger partial charge in [-0.05, 0) is 6.07 Å². The van der Waals surface area contributed by atoms with Gasteiger partial charge in [0.15, 0.2) is 15.5 Å². The first kappa shape index (κ1) is 15.7. The number of nitrogens with one attached hydrogen (secondary N) is 1. The Balaban J connectivity index is 1.87. The van der Waals surface area contributed by atoms with Crippen molar-refractivity contribution in [3.63, 3.8) is 0 Å². The molecule has 124 valence electrons. The zero-order valence-electron chi connectivity index (χ0n) is 11.5. The number of rotatable bonds is 2. The second-order valence-corrected chi connectivity index (χ2v) is 7.42. The van der Waals surface area contributed by atoms with Crippen molar-refractivity contribution in [3.05, 3.63) is 24.7 Å². The maximum Gasteiger partial charge on any atom is 0.393 e. The van der Waals surface area contributed by atoms with E-state index >= 15 is 0 Å². The van der Waals surface area contributed by atoms with Gasteiger partial charge < -0.3 is 5.32 Å². The van der Waals surface area contributed by atoms with E-state index < -0.39 is 45.3 Å². The molecule has 2 atom stereocenters. The molecule has 0 bridgehead atoms. The molecule has 2 unspecified atom stereocenters. The first-order chi connectivity index (χ1) is 10.7. The number of carbonyl (C=O) groups excluding carboxylic acids is 1. The van der Waals surface area contributed by atoms with Crippen LogP contribution in [0.5, 0.6) is 0 Å². The number of carbonyl (C=O) groups is 1. The molecule has 1 N–H and O–H groups in total. The highest BCUT2D eigenvalue weighted by molar-refractivity contribution is 7.91. The number of sulfone groups is 1. The van der Waals surface area contributed by atoms with E-state index in [9.17, 15) is 26.4 Å². The Morgan fingerprint density at radius 2 is 2.09 bits per heavy atom. The quantitative estimate of drug-likeness (QED) is 0.870. The zero-order valence-corrected chi connectivity index (χ0v) is 12.3. The van der Waals surface area contributed by atoms with Crippen LogP contribution >= 0.6 is 0 Å². The fraction of sp³-hybridized carbons (Fsp3) is 0.417. The van der Waals surface area contributed by atoms with Crippen LogP contribution in [0.3, 0.4) is 0 Å². The topological polar surface area (TPSA) is 93.4 Å². The molecule has 3 rings (SSSR count). The summed E-state index contributed by atoms with van der Waals surface area (Å²) in [4.78, 5) is 16.1. The Bertz CT molecular complexity index is 862. The summed E-state index contributed by atoms with van der Waals surface area (Å²) in [5, 5.41) is 6.19. The SMILES string of the molecule is O=C(Nc1cnn2cccnc12)C1CS(=O)(=O)CC1C(F)(F)F. The van der Waals surface area contributed by atoms with Crippen LogP contribution < -0.4 is 5.32 Å². The molecule has 7 nitrogen and oxygen atoms in total. The van der Waals surface area contributed by atoms with E-state index in [1.807, 2.05) is 0 Å². The van der Waals surface area contributed by atoms with Crippen molar-refractivity contribution in [1.82, 2.24) is 14.6 Å². The maximum atomic E-state index is 13.0. The van der Waals surface area contributed by atoms with Crippen LogP contribution in [0, 0.1) is 11.8 Å². The first-order valence-electron chi connectivity index (χ1n) is 6.54. The number of hydrogen-bond acceptors (Lipinski definition) is 5. The van der Waals surface area contributed by atoms with Crippen molar-refractivity contribution in [3.8, 4) is 0 Å². The van der Waals surface area contributed by atoms with Crippen LogP contribution in [-0.2, 0) is 14.6 Å². The number of hydrogen-bond donors (Lipinski definition) is 1. The van der Waals surface area contributed by atoms with Gasteiger partial charge in [0.1, 0.15) is 5.69 Å². The highest BCUT2D eigenvalue weighted by Gasteiger charge is 2.55. The predicted octanol–water partition coefficient (Wildman–Crippen LogP) is 0.891. The Morgan fingerprint density at radius 3 is 2.78 bits per heavy atom. The molecule has 23 heavy (non-hydrogen) atoms. The summed E-state index contributed by atoms with van der Waals surface area (Å²) in [5.41, 5.74) is 0.381.